The van der Waals surface area contributed by atoms with E-state index in [2.05, 4.69) is 20.4 Å². The molecule has 0 aliphatic rings. The first kappa shape index (κ1) is 13.8. The topological polar surface area (TPSA) is 106 Å². The van der Waals surface area contributed by atoms with Crippen LogP contribution in [0.5, 0.6) is 0 Å². The molecule has 0 spiro atoms. The number of ether oxygens (including phenoxy) is 1. The number of aromatic nitrogens is 1. The van der Waals surface area contributed by atoms with E-state index in [4.69, 9.17) is 12.2 Å². The Morgan fingerprint density at radius 1 is 1.61 bits per heavy atom. The Morgan fingerprint density at radius 3 is 2.83 bits per heavy atom. The predicted molar refractivity (Wildman–Crippen MR) is 67.3 cm³/mol. The van der Waals surface area contributed by atoms with Gasteiger partial charge in [0, 0.05) is 6.07 Å². The summed E-state index contributed by atoms with van der Waals surface area (Å²) in [6, 6.07) is 2.64. The highest BCUT2D eigenvalue weighted by molar-refractivity contribution is 7.80. The van der Waals surface area contributed by atoms with E-state index in [-0.39, 0.29) is 23.2 Å². The summed E-state index contributed by atoms with van der Waals surface area (Å²) in [7, 11) is 0. The van der Waals surface area contributed by atoms with Crippen molar-refractivity contribution in [2.24, 2.45) is 0 Å². The molecule has 0 saturated heterocycles. The van der Waals surface area contributed by atoms with E-state index in [9.17, 15) is 14.9 Å². The second kappa shape index (κ2) is 6.45. The summed E-state index contributed by atoms with van der Waals surface area (Å²) in [5.41, 5.74) is -0.134. The van der Waals surface area contributed by atoms with Crippen LogP contribution in [0.1, 0.15) is 6.92 Å². The van der Waals surface area contributed by atoms with E-state index in [0.29, 0.717) is 0 Å². The lowest BCUT2D eigenvalue weighted by atomic mass is 10.4. The number of nitrogens with zero attached hydrogens (tertiary/aromatic N) is 2. The fourth-order valence-corrected chi connectivity index (χ4v) is 1.16. The van der Waals surface area contributed by atoms with Gasteiger partial charge in [-0.1, -0.05) is 0 Å². The fraction of sp³-hybridized carbons (Fsp3) is 0.222. The summed E-state index contributed by atoms with van der Waals surface area (Å²) >= 11 is 4.81. The lowest BCUT2D eigenvalue weighted by Gasteiger charge is -2.08. The van der Waals surface area contributed by atoms with Crippen molar-refractivity contribution in [2.45, 2.75) is 6.92 Å². The zero-order chi connectivity index (χ0) is 13.5. The van der Waals surface area contributed by atoms with E-state index < -0.39 is 11.0 Å². The number of pyridine rings is 1. The lowest BCUT2D eigenvalue weighted by molar-refractivity contribution is -0.385. The summed E-state index contributed by atoms with van der Waals surface area (Å²) in [5, 5.41) is 15.2. The highest BCUT2D eigenvalue weighted by Crippen LogP contribution is 2.11. The number of amides is 1. The molecule has 0 aliphatic carbocycles. The molecular formula is C9H10N4O4S. The molecule has 0 unspecified atom stereocenters. The SMILES string of the molecule is CCOC(=O)NC(=S)Nc1ccc([N+](=O)[O-])cn1. The summed E-state index contributed by atoms with van der Waals surface area (Å²) < 4.78 is 4.61. The first-order valence-electron chi connectivity index (χ1n) is 4.88. The molecule has 9 heteroatoms. The summed E-state index contributed by atoms with van der Waals surface area (Å²) in [6.45, 7) is 1.89. The Labute approximate surface area is 107 Å². The van der Waals surface area contributed by atoms with E-state index in [1.165, 1.54) is 12.1 Å². The van der Waals surface area contributed by atoms with Crippen LogP contribution in [-0.2, 0) is 4.74 Å². The summed E-state index contributed by atoms with van der Waals surface area (Å²) in [5.74, 6) is 0.280. The number of hydrogen-bond donors (Lipinski definition) is 2. The molecular weight excluding hydrogens is 260 g/mol. The minimum atomic E-state index is -0.683. The van der Waals surface area contributed by atoms with Crippen LogP contribution in [0.15, 0.2) is 18.3 Å². The van der Waals surface area contributed by atoms with Crippen LogP contribution in [-0.4, -0.2) is 27.7 Å². The van der Waals surface area contributed by atoms with Gasteiger partial charge < -0.3 is 10.1 Å². The molecule has 2 N–H and O–H groups in total. The third-order valence-corrected chi connectivity index (χ3v) is 1.90. The van der Waals surface area contributed by atoms with E-state index in [1.807, 2.05) is 0 Å². The molecule has 0 fully saturated rings. The minimum Gasteiger partial charge on any atom is -0.450 e. The van der Waals surface area contributed by atoms with Crippen molar-refractivity contribution in [3.8, 4) is 0 Å². The zero-order valence-electron chi connectivity index (χ0n) is 9.37. The summed E-state index contributed by atoms with van der Waals surface area (Å²) in [4.78, 5) is 24.6. The van der Waals surface area contributed by atoms with Gasteiger partial charge >= 0.3 is 6.09 Å². The molecule has 0 aromatic carbocycles. The minimum absolute atomic E-state index is 0.00481. The Hall–Kier alpha value is -2.29. The van der Waals surface area contributed by atoms with Gasteiger partial charge in [0.1, 0.15) is 12.0 Å². The zero-order valence-corrected chi connectivity index (χ0v) is 10.2. The molecule has 1 aromatic rings. The van der Waals surface area contributed by atoms with Gasteiger partial charge in [-0.25, -0.2) is 9.78 Å². The molecule has 1 heterocycles. The Kier molecular flexibility index (Phi) is 4.93. The molecule has 0 atom stereocenters. The number of thiocarbonyl (C=S) groups is 1. The van der Waals surface area contributed by atoms with Crippen molar-refractivity contribution in [3.63, 3.8) is 0 Å². The number of carbonyl (C=O) groups excluding carboxylic acids is 1. The van der Waals surface area contributed by atoms with E-state index in [0.717, 1.165) is 6.20 Å². The quantitative estimate of drug-likeness (QED) is 0.486. The first-order chi connectivity index (χ1) is 8.52. The molecule has 8 nitrogen and oxygen atoms in total. The maximum absolute atomic E-state index is 11.0. The number of hydrogen-bond acceptors (Lipinski definition) is 6. The number of anilines is 1. The van der Waals surface area contributed by atoms with Crippen molar-refractivity contribution in [3.05, 3.63) is 28.4 Å². The summed E-state index contributed by atoms with van der Waals surface area (Å²) in [6.07, 6.45) is 0.395. The molecule has 96 valence electrons. The maximum Gasteiger partial charge on any atom is 0.413 e. The van der Waals surface area contributed by atoms with Crippen LogP contribution < -0.4 is 10.6 Å². The molecule has 18 heavy (non-hydrogen) atoms. The molecule has 1 aromatic heterocycles. The van der Waals surface area contributed by atoms with Crippen LogP contribution in [0.4, 0.5) is 16.3 Å². The van der Waals surface area contributed by atoms with Crippen molar-refractivity contribution in [1.82, 2.24) is 10.3 Å². The number of rotatable bonds is 3. The smallest absolute Gasteiger partial charge is 0.413 e. The van der Waals surface area contributed by atoms with Crippen molar-refractivity contribution < 1.29 is 14.5 Å². The van der Waals surface area contributed by atoms with Gasteiger partial charge in [-0.15, -0.1) is 0 Å². The maximum atomic E-state index is 11.0. The second-order valence-corrected chi connectivity index (χ2v) is 3.37. The van der Waals surface area contributed by atoms with Crippen molar-refractivity contribution in [1.29, 1.82) is 0 Å². The van der Waals surface area contributed by atoms with Crippen LogP contribution >= 0.6 is 12.2 Å². The Morgan fingerprint density at radius 2 is 2.33 bits per heavy atom. The average molecular weight is 270 g/mol. The molecule has 0 bridgehead atoms. The average Bonchev–Trinajstić information content (AvgIpc) is 2.29. The Bertz CT molecular complexity index is 462. The number of nitrogens with one attached hydrogen (secondary N) is 2. The van der Waals surface area contributed by atoms with Crippen LogP contribution in [0.3, 0.4) is 0 Å². The van der Waals surface area contributed by atoms with Gasteiger partial charge in [0.2, 0.25) is 0 Å². The predicted octanol–water partition coefficient (Wildman–Crippen LogP) is 1.43. The largest absolute Gasteiger partial charge is 0.450 e. The first-order valence-corrected chi connectivity index (χ1v) is 5.29. The Balaban J connectivity index is 2.54. The number of alkyl carbamates (subject to hydrolysis) is 1. The number of carbonyl (C=O) groups is 1. The normalized spacial score (nSPS) is 9.39. The van der Waals surface area contributed by atoms with Crippen LogP contribution in [0.25, 0.3) is 0 Å². The molecule has 0 saturated carbocycles. The van der Waals surface area contributed by atoms with Gasteiger partial charge in [0.15, 0.2) is 5.11 Å². The van der Waals surface area contributed by atoms with E-state index >= 15 is 0 Å². The highest BCUT2D eigenvalue weighted by Gasteiger charge is 2.08. The monoisotopic (exact) mass is 270 g/mol. The van der Waals surface area contributed by atoms with Gasteiger partial charge in [0.25, 0.3) is 5.69 Å². The van der Waals surface area contributed by atoms with Gasteiger partial charge in [-0.3, -0.25) is 15.4 Å². The lowest BCUT2D eigenvalue weighted by Crippen LogP contribution is -2.34. The van der Waals surface area contributed by atoms with Crippen LogP contribution in [0, 0.1) is 10.1 Å². The highest BCUT2D eigenvalue weighted by atomic mass is 32.1. The second-order valence-electron chi connectivity index (χ2n) is 2.96. The van der Waals surface area contributed by atoms with Crippen LogP contribution in [0.2, 0.25) is 0 Å². The van der Waals surface area contributed by atoms with Gasteiger partial charge in [0.05, 0.1) is 11.5 Å². The standard InChI is InChI=1S/C9H10N4O4S/c1-2-17-9(14)12-8(18)11-7-4-3-6(5-10-7)13(15)16/h3-5H,2H2,1H3,(H2,10,11,12,14,18). The molecule has 1 rings (SSSR count). The number of nitro groups is 1. The van der Waals surface area contributed by atoms with Crippen molar-refractivity contribution in [2.75, 3.05) is 11.9 Å². The molecule has 0 aliphatic heterocycles. The fourth-order valence-electron chi connectivity index (χ4n) is 0.975. The van der Waals surface area contributed by atoms with Gasteiger partial charge in [-0.2, -0.15) is 0 Å². The molecule has 1 amide bonds. The van der Waals surface area contributed by atoms with E-state index in [1.54, 1.807) is 6.92 Å². The van der Waals surface area contributed by atoms with Gasteiger partial charge in [-0.05, 0) is 25.2 Å². The third kappa shape index (κ3) is 4.29. The molecule has 0 radical (unpaired) electrons. The third-order valence-electron chi connectivity index (χ3n) is 1.69. The van der Waals surface area contributed by atoms with Crippen molar-refractivity contribution >= 4 is 34.9 Å².